The Morgan fingerprint density at radius 3 is 2.68 bits per heavy atom. The van der Waals surface area contributed by atoms with Crippen LogP contribution in [0.2, 0.25) is 0 Å². The van der Waals surface area contributed by atoms with Crippen LogP contribution in [0.4, 0.5) is 4.39 Å². The summed E-state index contributed by atoms with van der Waals surface area (Å²) in [5.41, 5.74) is 1.38. The molecule has 2 fully saturated rings. The van der Waals surface area contributed by atoms with Gasteiger partial charge in [0.2, 0.25) is 0 Å². The van der Waals surface area contributed by atoms with Crippen molar-refractivity contribution in [3.05, 3.63) is 41.5 Å². The number of aromatic nitrogens is 2. The van der Waals surface area contributed by atoms with Crippen molar-refractivity contribution >= 4 is 5.91 Å². The van der Waals surface area contributed by atoms with Crippen LogP contribution in [-0.4, -0.2) is 62.8 Å². The van der Waals surface area contributed by atoms with Gasteiger partial charge in [-0.2, -0.15) is 5.10 Å². The van der Waals surface area contributed by atoms with Crippen molar-refractivity contribution in [3.63, 3.8) is 0 Å². The Morgan fingerprint density at radius 1 is 1.14 bits per heavy atom. The normalized spacial score (nSPS) is 21.1. The number of amides is 1. The fourth-order valence-electron chi connectivity index (χ4n) is 4.42. The number of hydrogen-bond acceptors (Lipinski definition) is 4. The third-order valence-corrected chi connectivity index (χ3v) is 5.95. The van der Waals surface area contributed by atoms with Gasteiger partial charge < -0.3 is 14.9 Å². The van der Waals surface area contributed by atoms with E-state index in [1.54, 1.807) is 17.9 Å². The lowest BCUT2D eigenvalue weighted by molar-refractivity contribution is 0.0748. The molecule has 0 radical (unpaired) electrons. The molecular weight excluding hydrogens is 359 g/mol. The van der Waals surface area contributed by atoms with Crippen molar-refractivity contribution in [2.24, 2.45) is 0 Å². The second kappa shape index (κ2) is 7.91. The highest BCUT2D eigenvalue weighted by Gasteiger charge is 2.29. The molecule has 6 nitrogen and oxygen atoms in total. The number of halogens is 1. The number of likely N-dealkylation sites (tertiary alicyclic amines) is 2. The summed E-state index contributed by atoms with van der Waals surface area (Å²) in [6, 6.07) is 4.89. The van der Waals surface area contributed by atoms with Crippen LogP contribution in [0.25, 0.3) is 5.69 Å². The largest absolute Gasteiger partial charge is 0.504 e. The second-order valence-electron chi connectivity index (χ2n) is 7.86. The number of carbonyl (C=O) groups excluding carboxylic acids is 1. The maximum absolute atomic E-state index is 13.4. The van der Waals surface area contributed by atoms with Crippen LogP contribution in [0.3, 0.4) is 0 Å². The van der Waals surface area contributed by atoms with Crippen molar-refractivity contribution < 1.29 is 14.3 Å². The number of carbonyl (C=O) groups is 1. The van der Waals surface area contributed by atoms with E-state index in [9.17, 15) is 14.3 Å². The van der Waals surface area contributed by atoms with E-state index in [2.05, 4.69) is 10.00 Å². The summed E-state index contributed by atoms with van der Waals surface area (Å²) in [7, 11) is 0. The molecule has 0 unspecified atom stereocenters. The van der Waals surface area contributed by atoms with Crippen LogP contribution < -0.4 is 0 Å². The molecule has 1 amide bonds. The topological polar surface area (TPSA) is 61.6 Å². The summed E-state index contributed by atoms with van der Waals surface area (Å²) in [6.07, 6.45) is 6.99. The third kappa shape index (κ3) is 3.76. The second-order valence-corrected chi connectivity index (χ2v) is 7.86. The van der Waals surface area contributed by atoms with E-state index in [1.165, 1.54) is 48.9 Å². The van der Waals surface area contributed by atoms with Crippen LogP contribution in [0, 0.1) is 12.7 Å². The number of hydrogen-bond donors (Lipinski definition) is 1. The first-order chi connectivity index (χ1) is 13.5. The molecular formula is C21H27FN4O2. The first-order valence-electron chi connectivity index (χ1n) is 10.1. The Hall–Kier alpha value is -2.41. The van der Waals surface area contributed by atoms with Gasteiger partial charge >= 0.3 is 0 Å². The predicted molar refractivity (Wildman–Crippen MR) is 104 cm³/mol. The molecule has 0 saturated carbocycles. The lowest BCUT2D eigenvalue weighted by Gasteiger charge is -2.26. The SMILES string of the molecule is Cc1cc(F)ccc1-n1cc(O)c(C(=O)N2CCC[C@H](N3CCCC3)CC2)n1. The Balaban J connectivity index is 1.49. The minimum absolute atomic E-state index is 0.0587. The monoisotopic (exact) mass is 386 g/mol. The van der Waals surface area contributed by atoms with Gasteiger partial charge in [-0.3, -0.25) is 4.79 Å². The molecule has 150 valence electrons. The van der Waals surface area contributed by atoms with E-state index < -0.39 is 0 Å². The summed E-state index contributed by atoms with van der Waals surface area (Å²) in [5, 5.41) is 14.6. The van der Waals surface area contributed by atoms with Crippen LogP contribution >= 0.6 is 0 Å². The highest BCUT2D eigenvalue weighted by atomic mass is 19.1. The highest BCUT2D eigenvalue weighted by Crippen LogP contribution is 2.25. The molecule has 4 rings (SSSR count). The summed E-state index contributed by atoms with van der Waals surface area (Å²) in [6.45, 7) is 5.47. The van der Waals surface area contributed by atoms with Crippen molar-refractivity contribution in [1.82, 2.24) is 19.6 Å². The lowest BCUT2D eigenvalue weighted by atomic mass is 10.1. The smallest absolute Gasteiger partial charge is 0.278 e. The van der Waals surface area contributed by atoms with Gasteiger partial charge in [-0.1, -0.05) is 0 Å². The van der Waals surface area contributed by atoms with Gasteiger partial charge in [0.1, 0.15) is 5.82 Å². The molecule has 0 aliphatic carbocycles. The van der Waals surface area contributed by atoms with E-state index in [1.807, 2.05) is 0 Å². The summed E-state index contributed by atoms with van der Waals surface area (Å²) < 4.78 is 14.8. The molecule has 3 heterocycles. The summed E-state index contributed by atoms with van der Waals surface area (Å²) >= 11 is 0. The summed E-state index contributed by atoms with van der Waals surface area (Å²) in [4.78, 5) is 17.4. The molecule has 1 aromatic carbocycles. The number of aromatic hydroxyl groups is 1. The van der Waals surface area contributed by atoms with Gasteiger partial charge in [-0.25, -0.2) is 9.07 Å². The Morgan fingerprint density at radius 2 is 1.93 bits per heavy atom. The number of benzene rings is 1. The fourth-order valence-corrected chi connectivity index (χ4v) is 4.42. The average Bonchev–Trinajstić information content (AvgIpc) is 3.26. The zero-order chi connectivity index (χ0) is 19.7. The van der Waals surface area contributed by atoms with Crippen molar-refractivity contribution in [2.45, 2.75) is 45.1 Å². The maximum atomic E-state index is 13.4. The van der Waals surface area contributed by atoms with E-state index >= 15 is 0 Å². The quantitative estimate of drug-likeness (QED) is 0.881. The Labute approximate surface area is 164 Å². The van der Waals surface area contributed by atoms with Gasteiger partial charge in [0.05, 0.1) is 11.9 Å². The molecule has 1 aromatic heterocycles. The van der Waals surface area contributed by atoms with Gasteiger partial charge in [0.25, 0.3) is 5.91 Å². The highest BCUT2D eigenvalue weighted by molar-refractivity contribution is 5.94. The Kier molecular flexibility index (Phi) is 5.35. The van der Waals surface area contributed by atoms with Crippen LogP contribution in [-0.2, 0) is 0 Å². The lowest BCUT2D eigenvalue weighted by Crippen LogP contribution is -2.35. The van der Waals surface area contributed by atoms with Gasteiger partial charge in [-0.15, -0.1) is 0 Å². The minimum Gasteiger partial charge on any atom is -0.504 e. The molecule has 28 heavy (non-hydrogen) atoms. The van der Waals surface area contributed by atoms with Crippen LogP contribution in [0.15, 0.2) is 24.4 Å². The fraction of sp³-hybridized carbons (Fsp3) is 0.524. The first kappa shape index (κ1) is 18.9. The molecule has 1 atom stereocenters. The minimum atomic E-state index is -0.328. The Bertz CT molecular complexity index is 860. The molecule has 0 bridgehead atoms. The van der Waals surface area contributed by atoms with Gasteiger partial charge in [0, 0.05) is 19.1 Å². The number of aryl methyl sites for hydroxylation is 1. The molecule has 2 aliphatic rings. The number of rotatable bonds is 3. The van der Waals surface area contributed by atoms with E-state index in [0.717, 1.165) is 19.3 Å². The van der Waals surface area contributed by atoms with Crippen molar-refractivity contribution in [1.29, 1.82) is 0 Å². The van der Waals surface area contributed by atoms with Crippen LogP contribution in [0.1, 0.15) is 48.2 Å². The zero-order valence-corrected chi connectivity index (χ0v) is 16.3. The molecule has 0 spiro atoms. The molecule has 2 aromatic rings. The first-order valence-corrected chi connectivity index (χ1v) is 10.1. The maximum Gasteiger partial charge on any atom is 0.278 e. The van der Waals surface area contributed by atoms with E-state index in [-0.39, 0.29) is 23.2 Å². The molecule has 1 N–H and O–H groups in total. The molecule has 2 aliphatic heterocycles. The zero-order valence-electron chi connectivity index (χ0n) is 16.3. The predicted octanol–water partition coefficient (Wildman–Crippen LogP) is 3.12. The van der Waals surface area contributed by atoms with Crippen LogP contribution in [0.5, 0.6) is 5.75 Å². The van der Waals surface area contributed by atoms with E-state index in [4.69, 9.17) is 0 Å². The van der Waals surface area contributed by atoms with E-state index in [0.29, 0.717) is 30.4 Å². The standard InChI is InChI=1S/C21H27FN4O2/c1-15-13-16(22)6-7-18(15)26-14-19(27)20(23-26)21(28)25-11-4-5-17(8-12-25)24-9-2-3-10-24/h6-7,13-14,17,27H,2-5,8-12H2,1H3/t17-/m0/s1. The molecule has 7 heteroatoms. The van der Waals surface area contributed by atoms with Crippen molar-refractivity contribution in [2.75, 3.05) is 26.2 Å². The third-order valence-electron chi connectivity index (χ3n) is 5.95. The average molecular weight is 386 g/mol. The number of nitrogens with zero attached hydrogens (tertiary/aromatic N) is 4. The van der Waals surface area contributed by atoms with Crippen molar-refractivity contribution in [3.8, 4) is 11.4 Å². The van der Waals surface area contributed by atoms with Gasteiger partial charge in [-0.05, 0) is 75.9 Å². The summed E-state index contributed by atoms with van der Waals surface area (Å²) in [5.74, 6) is -0.710. The van der Waals surface area contributed by atoms with Gasteiger partial charge in [0.15, 0.2) is 11.4 Å². The molecule has 2 saturated heterocycles.